The molecule has 0 aliphatic heterocycles. The number of ether oxygens (including phenoxy) is 1. The third-order valence-corrected chi connectivity index (χ3v) is 4.47. The second-order valence-corrected chi connectivity index (χ2v) is 6.79. The first kappa shape index (κ1) is 19.0. The van der Waals surface area contributed by atoms with Gasteiger partial charge in [0.1, 0.15) is 5.75 Å². The van der Waals surface area contributed by atoms with Gasteiger partial charge in [-0.1, -0.05) is 28.9 Å². The van der Waals surface area contributed by atoms with Gasteiger partial charge in [0.25, 0.3) is 5.89 Å². The van der Waals surface area contributed by atoms with Gasteiger partial charge in [-0.25, -0.2) is 4.98 Å². The van der Waals surface area contributed by atoms with Crippen LogP contribution in [0.2, 0.25) is 5.02 Å². The van der Waals surface area contributed by atoms with E-state index in [4.69, 9.17) is 20.9 Å². The number of nitrogens with one attached hydrogen (secondary N) is 1. The Balaban J connectivity index is 1.33. The van der Waals surface area contributed by atoms with Gasteiger partial charge < -0.3 is 14.6 Å². The van der Waals surface area contributed by atoms with Crippen LogP contribution in [0.1, 0.15) is 24.4 Å². The van der Waals surface area contributed by atoms with Crippen LogP contribution in [0.15, 0.2) is 71.6 Å². The summed E-state index contributed by atoms with van der Waals surface area (Å²) in [6, 6.07) is 15.0. The Labute approximate surface area is 172 Å². The van der Waals surface area contributed by atoms with E-state index in [-0.39, 0.29) is 6.04 Å². The van der Waals surface area contributed by atoms with Crippen LogP contribution in [-0.2, 0) is 6.54 Å². The van der Waals surface area contributed by atoms with Crippen molar-refractivity contribution in [2.45, 2.75) is 19.5 Å². The molecule has 0 aliphatic rings. The van der Waals surface area contributed by atoms with E-state index in [9.17, 15) is 0 Å². The molecule has 4 rings (SSSR count). The molecule has 1 atom stereocenters. The van der Waals surface area contributed by atoms with E-state index in [1.165, 1.54) is 0 Å². The molecule has 0 fully saturated rings. The van der Waals surface area contributed by atoms with Gasteiger partial charge in [0, 0.05) is 29.5 Å². The highest BCUT2D eigenvalue weighted by Crippen LogP contribution is 2.22. The first-order valence-corrected chi connectivity index (χ1v) is 9.41. The standard InChI is InChI=1S/C21H18ClN5O2/c1-14(20-26-21(29-27-20)16-4-6-17(22)7-5-16)25-12-15-2-8-18(9-3-15)28-19-13-23-10-11-24-19/h2-11,13-14,25H,12H2,1H3/t14-/m0/s1. The van der Waals surface area contributed by atoms with E-state index in [2.05, 4.69) is 25.4 Å². The number of rotatable bonds is 7. The number of hydrogen-bond acceptors (Lipinski definition) is 7. The predicted molar refractivity (Wildman–Crippen MR) is 109 cm³/mol. The van der Waals surface area contributed by atoms with Crippen molar-refractivity contribution in [1.82, 2.24) is 25.4 Å². The second-order valence-electron chi connectivity index (χ2n) is 6.36. The van der Waals surface area contributed by atoms with Crippen LogP contribution in [0.25, 0.3) is 11.5 Å². The van der Waals surface area contributed by atoms with Crippen molar-refractivity contribution >= 4 is 11.6 Å². The van der Waals surface area contributed by atoms with Gasteiger partial charge in [-0.2, -0.15) is 4.98 Å². The van der Waals surface area contributed by atoms with E-state index in [0.717, 1.165) is 11.1 Å². The molecule has 0 saturated heterocycles. The highest BCUT2D eigenvalue weighted by Gasteiger charge is 2.14. The first-order chi connectivity index (χ1) is 14.2. The van der Waals surface area contributed by atoms with Crippen molar-refractivity contribution in [2.75, 3.05) is 0 Å². The fourth-order valence-corrected chi connectivity index (χ4v) is 2.74. The Morgan fingerprint density at radius 1 is 1.07 bits per heavy atom. The lowest BCUT2D eigenvalue weighted by Crippen LogP contribution is -2.19. The summed E-state index contributed by atoms with van der Waals surface area (Å²) < 4.78 is 11.0. The maximum absolute atomic E-state index is 5.91. The van der Waals surface area contributed by atoms with E-state index >= 15 is 0 Å². The zero-order valence-electron chi connectivity index (χ0n) is 15.6. The molecule has 0 unspecified atom stereocenters. The van der Waals surface area contributed by atoms with Crippen LogP contribution >= 0.6 is 11.6 Å². The van der Waals surface area contributed by atoms with Gasteiger partial charge in [0.2, 0.25) is 5.88 Å². The van der Waals surface area contributed by atoms with Gasteiger partial charge in [-0.3, -0.25) is 4.98 Å². The maximum Gasteiger partial charge on any atom is 0.257 e. The Morgan fingerprint density at radius 2 is 1.86 bits per heavy atom. The molecule has 0 aliphatic carbocycles. The lowest BCUT2D eigenvalue weighted by molar-refractivity contribution is 0.409. The molecule has 0 saturated carbocycles. The summed E-state index contributed by atoms with van der Waals surface area (Å²) in [5, 5.41) is 8.13. The molecule has 7 nitrogen and oxygen atoms in total. The van der Waals surface area contributed by atoms with Crippen LogP contribution in [0.5, 0.6) is 11.6 Å². The third kappa shape index (κ3) is 4.96. The predicted octanol–water partition coefficient (Wildman–Crippen LogP) is 4.82. The molecule has 0 radical (unpaired) electrons. The van der Waals surface area contributed by atoms with Crippen molar-refractivity contribution in [2.24, 2.45) is 0 Å². The summed E-state index contributed by atoms with van der Waals surface area (Å²) in [4.78, 5) is 12.5. The average molecular weight is 408 g/mol. The zero-order valence-corrected chi connectivity index (χ0v) is 16.4. The van der Waals surface area contributed by atoms with Gasteiger partial charge in [0.15, 0.2) is 5.82 Å². The molecule has 2 aromatic carbocycles. The topological polar surface area (TPSA) is 86.0 Å². The largest absolute Gasteiger partial charge is 0.438 e. The highest BCUT2D eigenvalue weighted by molar-refractivity contribution is 6.30. The van der Waals surface area contributed by atoms with Crippen molar-refractivity contribution in [3.05, 3.63) is 83.5 Å². The van der Waals surface area contributed by atoms with E-state index in [1.54, 1.807) is 30.7 Å². The van der Waals surface area contributed by atoms with Gasteiger partial charge in [-0.05, 0) is 48.9 Å². The number of nitrogens with zero attached hydrogens (tertiary/aromatic N) is 4. The van der Waals surface area contributed by atoms with Gasteiger partial charge in [-0.15, -0.1) is 0 Å². The normalized spacial score (nSPS) is 11.9. The number of hydrogen-bond donors (Lipinski definition) is 1. The van der Waals surface area contributed by atoms with Crippen molar-refractivity contribution in [3.8, 4) is 23.1 Å². The van der Waals surface area contributed by atoms with Crippen LogP contribution in [0.3, 0.4) is 0 Å². The Bertz CT molecular complexity index is 1050. The van der Waals surface area contributed by atoms with Crippen LogP contribution in [-0.4, -0.2) is 20.1 Å². The maximum atomic E-state index is 5.91. The molecular weight excluding hydrogens is 390 g/mol. The summed E-state index contributed by atoms with van der Waals surface area (Å²) in [7, 11) is 0. The molecule has 0 spiro atoms. The second kappa shape index (κ2) is 8.81. The molecule has 29 heavy (non-hydrogen) atoms. The highest BCUT2D eigenvalue weighted by atomic mass is 35.5. The molecule has 0 amide bonds. The third-order valence-electron chi connectivity index (χ3n) is 4.22. The lowest BCUT2D eigenvalue weighted by Gasteiger charge is -2.10. The minimum Gasteiger partial charge on any atom is -0.438 e. The lowest BCUT2D eigenvalue weighted by atomic mass is 10.2. The average Bonchev–Trinajstić information content (AvgIpc) is 3.25. The van der Waals surface area contributed by atoms with Crippen LogP contribution in [0.4, 0.5) is 0 Å². The molecule has 2 aromatic heterocycles. The molecule has 0 bridgehead atoms. The van der Waals surface area contributed by atoms with Gasteiger partial charge in [0.05, 0.1) is 12.2 Å². The van der Waals surface area contributed by atoms with E-state index in [1.807, 2.05) is 43.3 Å². The van der Waals surface area contributed by atoms with Crippen molar-refractivity contribution in [3.63, 3.8) is 0 Å². The molecule has 1 N–H and O–H groups in total. The summed E-state index contributed by atoms with van der Waals surface area (Å²) in [6.07, 6.45) is 4.76. The van der Waals surface area contributed by atoms with Crippen LogP contribution in [0, 0.1) is 0 Å². The smallest absolute Gasteiger partial charge is 0.257 e. The fraction of sp³-hybridized carbons (Fsp3) is 0.143. The summed E-state index contributed by atoms with van der Waals surface area (Å²) in [5.74, 6) is 2.22. The number of halogens is 1. The number of aromatic nitrogens is 4. The Morgan fingerprint density at radius 3 is 2.59 bits per heavy atom. The van der Waals surface area contributed by atoms with Crippen molar-refractivity contribution < 1.29 is 9.26 Å². The molecule has 2 heterocycles. The summed E-state index contributed by atoms with van der Waals surface area (Å²) >= 11 is 5.91. The number of benzene rings is 2. The molecular formula is C21H18ClN5O2. The summed E-state index contributed by atoms with van der Waals surface area (Å²) in [5.41, 5.74) is 1.93. The Hall–Kier alpha value is -3.29. The van der Waals surface area contributed by atoms with Gasteiger partial charge >= 0.3 is 0 Å². The fourth-order valence-electron chi connectivity index (χ4n) is 2.62. The zero-order chi connectivity index (χ0) is 20.1. The first-order valence-electron chi connectivity index (χ1n) is 9.03. The quantitative estimate of drug-likeness (QED) is 0.469. The minimum atomic E-state index is -0.0738. The SMILES string of the molecule is C[C@H](NCc1ccc(Oc2cnccn2)cc1)c1noc(-c2ccc(Cl)cc2)n1. The van der Waals surface area contributed by atoms with E-state index in [0.29, 0.717) is 34.9 Å². The summed E-state index contributed by atoms with van der Waals surface area (Å²) in [6.45, 7) is 2.64. The molecule has 146 valence electrons. The monoisotopic (exact) mass is 407 g/mol. The molecule has 8 heteroatoms. The van der Waals surface area contributed by atoms with Crippen LogP contribution < -0.4 is 10.1 Å². The Kier molecular flexibility index (Phi) is 5.79. The molecule has 4 aromatic rings. The van der Waals surface area contributed by atoms with Crippen molar-refractivity contribution in [1.29, 1.82) is 0 Å². The minimum absolute atomic E-state index is 0.0738. The van der Waals surface area contributed by atoms with E-state index < -0.39 is 0 Å².